The van der Waals surface area contributed by atoms with Crippen molar-refractivity contribution in [1.82, 2.24) is 25.5 Å². The number of rotatable bonds is 8. The molecule has 0 fully saturated rings. The molecule has 2 heterocycles. The van der Waals surface area contributed by atoms with Crippen LogP contribution in [0.2, 0.25) is 5.02 Å². The number of aromatic nitrogens is 4. The van der Waals surface area contributed by atoms with Gasteiger partial charge in [-0.2, -0.15) is 5.10 Å². The first-order valence-corrected chi connectivity index (χ1v) is 8.71. The zero-order valence-electron chi connectivity index (χ0n) is 14.3. The maximum absolute atomic E-state index is 10.8. The number of hydrogen-bond acceptors (Lipinski definition) is 6. The summed E-state index contributed by atoms with van der Waals surface area (Å²) in [4.78, 5) is 19.4. The number of H-pyrrole nitrogens is 1. The Kier molecular flexibility index (Phi) is 5.85. The third-order valence-electron chi connectivity index (χ3n) is 3.71. The summed E-state index contributed by atoms with van der Waals surface area (Å²) in [6, 6.07) is 7.42. The molecule has 9 heteroatoms. The van der Waals surface area contributed by atoms with Gasteiger partial charge in [-0.05, 0) is 31.0 Å². The largest absolute Gasteiger partial charge is 0.368 e. The van der Waals surface area contributed by atoms with Crippen LogP contribution < -0.4 is 16.0 Å². The van der Waals surface area contributed by atoms with E-state index in [-0.39, 0.29) is 5.91 Å². The van der Waals surface area contributed by atoms with Gasteiger partial charge in [0.15, 0.2) is 11.5 Å². The van der Waals surface area contributed by atoms with Gasteiger partial charge >= 0.3 is 0 Å². The number of nitrogens with zero attached hydrogens (tertiary/aromatic N) is 3. The molecule has 0 bridgehead atoms. The van der Waals surface area contributed by atoms with Gasteiger partial charge in [-0.25, -0.2) is 9.97 Å². The van der Waals surface area contributed by atoms with Crippen molar-refractivity contribution in [2.75, 3.05) is 23.7 Å². The van der Waals surface area contributed by atoms with Crippen LogP contribution in [-0.4, -0.2) is 39.2 Å². The summed E-state index contributed by atoms with van der Waals surface area (Å²) < 4.78 is 0. The van der Waals surface area contributed by atoms with Gasteiger partial charge < -0.3 is 16.0 Å². The lowest BCUT2D eigenvalue weighted by atomic mass is 10.3. The first kappa shape index (κ1) is 17.9. The van der Waals surface area contributed by atoms with Crippen LogP contribution in [0.25, 0.3) is 11.0 Å². The van der Waals surface area contributed by atoms with E-state index < -0.39 is 0 Å². The highest BCUT2D eigenvalue weighted by molar-refractivity contribution is 6.30. The Morgan fingerprint density at radius 3 is 2.85 bits per heavy atom. The lowest BCUT2D eigenvalue weighted by Gasteiger charge is -2.09. The zero-order chi connectivity index (χ0) is 18.4. The minimum Gasteiger partial charge on any atom is -0.368 e. The Balaban J connectivity index is 1.68. The summed E-state index contributed by atoms with van der Waals surface area (Å²) in [6.07, 6.45) is 3.27. The molecule has 0 radical (unpaired) electrons. The molecule has 0 aliphatic carbocycles. The number of nitrogens with one attached hydrogen (secondary N) is 4. The SMILES string of the molecule is CC(=O)NCCCCNc1n[nH]c2ncnc(Nc3cccc(Cl)c3)c12. The maximum Gasteiger partial charge on any atom is 0.216 e. The van der Waals surface area contributed by atoms with Crippen LogP contribution in [0.5, 0.6) is 0 Å². The quantitative estimate of drug-likeness (QED) is 0.452. The Bertz CT molecular complexity index is 896. The summed E-state index contributed by atoms with van der Waals surface area (Å²) in [5.41, 5.74) is 1.48. The number of carbonyl (C=O) groups excluding carboxylic acids is 1. The summed E-state index contributed by atoms with van der Waals surface area (Å²) in [5.74, 6) is 1.32. The van der Waals surface area contributed by atoms with Gasteiger partial charge in [0, 0.05) is 30.7 Å². The van der Waals surface area contributed by atoms with Crippen LogP contribution in [0.1, 0.15) is 19.8 Å². The third kappa shape index (κ3) is 4.60. The van der Waals surface area contributed by atoms with Crippen molar-refractivity contribution in [3.05, 3.63) is 35.6 Å². The fraction of sp³-hybridized carbons (Fsp3) is 0.294. The van der Waals surface area contributed by atoms with E-state index in [1.807, 2.05) is 24.3 Å². The molecule has 26 heavy (non-hydrogen) atoms. The van der Waals surface area contributed by atoms with Crippen LogP contribution in [0.3, 0.4) is 0 Å². The fourth-order valence-electron chi connectivity index (χ4n) is 2.51. The number of halogens is 1. The summed E-state index contributed by atoms with van der Waals surface area (Å²) in [5, 5.41) is 17.9. The van der Waals surface area contributed by atoms with E-state index >= 15 is 0 Å². The first-order chi connectivity index (χ1) is 12.6. The number of aromatic amines is 1. The normalized spacial score (nSPS) is 10.7. The molecule has 0 aliphatic rings. The maximum atomic E-state index is 10.8. The highest BCUT2D eigenvalue weighted by Gasteiger charge is 2.13. The number of carbonyl (C=O) groups is 1. The molecule has 0 spiro atoms. The number of fused-ring (bicyclic) bond motifs is 1. The molecule has 2 aromatic heterocycles. The molecule has 0 aliphatic heterocycles. The number of benzene rings is 1. The summed E-state index contributed by atoms with van der Waals surface area (Å²) >= 11 is 6.04. The van der Waals surface area contributed by atoms with E-state index in [0.29, 0.717) is 28.9 Å². The minimum absolute atomic E-state index is 0.00913. The van der Waals surface area contributed by atoms with Crippen molar-refractivity contribution in [3.8, 4) is 0 Å². The Morgan fingerprint density at radius 1 is 1.19 bits per heavy atom. The van der Waals surface area contributed by atoms with E-state index in [4.69, 9.17) is 11.6 Å². The molecular formula is C17H20ClN7O. The smallest absolute Gasteiger partial charge is 0.216 e. The summed E-state index contributed by atoms with van der Waals surface area (Å²) in [6.45, 7) is 2.91. The van der Waals surface area contributed by atoms with Crippen LogP contribution in [0, 0.1) is 0 Å². The standard InChI is InChI=1S/C17H20ClN7O/c1-11(26)19-7-2-3-8-20-16-14-15(21-10-22-17(14)25-24-16)23-13-6-4-5-12(18)9-13/h4-6,9-10H,2-3,7-8H2,1H3,(H,19,26)(H3,20,21,22,23,24,25). The van der Waals surface area contributed by atoms with Crippen LogP contribution in [-0.2, 0) is 4.79 Å². The van der Waals surface area contributed by atoms with Gasteiger partial charge in [-0.3, -0.25) is 9.89 Å². The Hall–Kier alpha value is -2.87. The molecule has 136 valence electrons. The van der Waals surface area contributed by atoms with Gasteiger partial charge in [0.2, 0.25) is 5.91 Å². The molecule has 1 amide bonds. The monoisotopic (exact) mass is 373 g/mol. The summed E-state index contributed by atoms with van der Waals surface area (Å²) in [7, 11) is 0. The second-order valence-corrected chi connectivity index (χ2v) is 6.21. The van der Waals surface area contributed by atoms with Gasteiger partial charge in [-0.1, -0.05) is 17.7 Å². The molecule has 0 unspecified atom stereocenters. The predicted molar refractivity (Wildman–Crippen MR) is 103 cm³/mol. The second-order valence-electron chi connectivity index (χ2n) is 5.77. The number of anilines is 3. The number of unbranched alkanes of at least 4 members (excludes halogenated alkanes) is 1. The molecule has 0 atom stereocenters. The molecule has 4 N–H and O–H groups in total. The average Bonchev–Trinajstić information content (AvgIpc) is 3.02. The molecular weight excluding hydrogens is 354 g/mol. The van der Waals surface area contributed by atoms with E-state index in [2.05, 4.69) is 36.1 Å². The molecule has 0 saturated heterocycles. The molecule has 0 saturated carbocycles. The van der Waals surface area contributed by atoms with Gasteiger partial charge in [0.05, 0.1) is 0 Å². The molecule has 1 aromatic carbocycles. The number of amides is 1. The van der Waals surface area contributed by atoms with Crippen molar-refractivity contribution in [3.63, 3.8) is 0 Å². The van der Waals surface area contributed by atoms with E-state index in [1.165, 1.54) is 13.3 Å². The Morgan fingerprint density at radius 2 is 2.04 bits per heavy atom. The van der Waals surface area contributed by atoms with E-state index in [0.717, 1.165) is 30.5 Å². The van der Waals surface area contributed by atoms with Crippen molar-refractivity contribution >= 4 is 45.9 Å². The Labute approximate surface area is 155 Å². The topological polar surface area (TPSA) is 108 Å². The third-order valence-corrected chi connectivity index (χ3v) is 3.95. The van der Waals surface area contributed by atoms with E-state index in [9.17, 15) is 4.79 Å². The van der Waals surface area contributed by atoms with Crippen molar-refractivity contribution in [2.45, 2.75) is 19.8 Å². The first-order valence-electron chi connectivity index (χ1n) is 8.33. The van der Waals surface area contributed by atoms with Gasteiger partial charge in [-0.15, -0.1) is 0 Å². The van der Waals surface area contributed by atoms with E-state index in [1.54, 1.807) is 0 Å². The number of hydrogen-bond donors (Lipinski definition) is 4. The fourth-order valence-corrected chi connectivity index (χ4v) is 2.70. The molecule has 3 aromatic rings. The van der Waals surface area contributed by atoms with Crippen molar-refractivity contribution in [1.29, 1.82) is 0 Å². The lowest BCUT2D eigenvalue weighted by molar-refractivity contribution is -0.118. The molecule has 3 rings (SSSR count). The van der Waals surface area contributed by atoms with Gasteiger partial charge in [0.1, 0.15) is 17.5 Å². The minimum atomic E-state index is -0.00913. The predicted octanol–water partition coefficient (Wildman–Crippen LogP) is 3.08. The van der Waals surface area contributed by atoms with Crippen molar-refractivity contribution < 1.29 is 4.79 Å². The van der Waals surface area contributed by atoms with Crippen LogP contribution in [0.4, 0.5) is 17.3 Å². The molecule has 8 nitrogen and oxygen atoms in total. The van der Waals surface area contributed by atoms with Crippen LogP contribution in [0.15, 0.2) is 30.6 Å². The highest BCUT2D eigenvalue weighted by Crippen LogP contribution is 2.28. The van der Waals surface area contributed by atoms with Gasteiger partial charge in [0.25, 0.3) is 0 Å². The lowest BCUT2D eigenvalue weighted by Crippen LogP contribution is -2.21. The van der Waals surface area contributed by atoms with Crippen molar-refractivity contribution in [2.24, 2.45) is 0 Å². The zero-order valence-corrected chi connectivity index (χ0v) is 15.1. The van der Waals surface area contributed by atoms with Crippen LogP contribution >= 0.6 is 11.6 Å². The highest BCUT2D eigenvalue weighted by atomic mass is 35.5. The average molecular weight is 374 g/mol. The second kappa shape index (κ2) is 8.48.